The highest BCUT2D eigenvalue weighted by molar-refractivity contribution is 5.94. The fourth-order valence-corrected chi connectivity index (χ4v) is 2.45. The molecule has 0 saturated heterocycles. The average Bonchev–Trinajstić information content (AvgIpc) is 2.66. The predicted molar refractivity (Wildman–Crippen MR) is 105 cm³/mol. The zero-order valence-corrected chi connectivity index (χ0v) is 16.2. The molecule has 0 aliphatic heterocycles. The maximum absolute atomic E-state index is 12.1. The molecule has 148 valence electrons. The van der Waals surface area contributed by atoms with E-state index in [2.05, 4.69) is 26.1 Å². The van der Waals surface area contributed by atoms with Crippen LogP contribution in [-0.4, -0.2) is 23.3 Å². The van der Waals surface area contributed by atoms with Crippen molar-refractivity contribution in [3.05, 3.63) is 75.3 Å². The highest BCUT2D eigenvalue weighted by atomic mass is 16.6. The third-order valence-corrected chi connectivity index (χ3v) is 4.17. The highest BCUT2D eigenvalue weighted by Crippen LogP contribution is 2.22. The van der Waals surface area contributed by atoms with Crippen molar-refractivity contribution in [2.45, 2.75) is 39.2 Å². The summed E-state index contributed by atoms with van der Waals surface area (Å²) in [6, 6.07) is 13.2. The van der Waals surface area contributed by atoms with Gasteiger partial charge in [0.05, 0.1) is 11.3 Å². The molecule has 0 heterocycles. The maximum Gasteiger partial charge on any atom is 0.307 e. The van der Waals surface area contributed by atoms with E-state index in [-0.39, 0.29) is 36.6 Å². The van der Waals surface area contributed by atoms with E-state index in [1.54, 1.807) is 12.1 Å². The molecule has 0 saturated carbocycles. The Morgan fingerprint density at radius 2 is 1.64 bits per heavy atom. The van der Waals surface area contributed by atoms with Gasteiger partial charge < -0.3 is 10.1 Å². The zero-order valence-electron chi connectivity index (χ0n) is 16.2. The number of ether oxygens (including phenoxy) is 1. The first kappa shape index (κ1) is 21.1. The van der Waals surface area contributed by atoms with Gasteiger partial charge >= 0.3 is 5.97 Å². The number of non-ortho nitro benzene ring substituents is 1. The number of nitro groups is 1. The molecule has 0 aliphatic carbocycles. The van der Waals surface area contributed by atoms with Crippen LogP contribution in [0, 0.1) is 10.1 Å². The van der Waals surface area contributed by atoms with Crippen molar-refractivity contribution in [3.63, 3.8) is 0 Å². The number of nitro benzene ring substituents is 1. The molecule has 2 aromatic carbocycles. The number of benzene rings is 2. The van der Waals surface area contributed by atoms with E-state index in [1.165, 1.54) is 24.3 Å². The molecule has 7 heteroatoms. The first-order chi connectivity index (χ1) is 13.2. The topological polar surface area (TPSA) is 98.5 Å². The van der Waals surface area contributed by atoms with E-state index in [4.69, 9.17) is 4.74 Å². The SMILES string of the molecule is CC(C)(C)c1ccc(C(=O)NCCC(=O)OCc2ccc([N+](=O)[O-])cc2)cc1. The van der Waals surface area contributed by atoms with Crippen molar-refractivity contribution < 1.29 is 19.2 Å². The fourth-order valence-electron chi connectivity index (χ4n) is 2.45. The molecular formula is C21H24N2O5. The Balaban J connectivity index is 1.74. The predicted octanol–water partition coefficient (Wildman–Crippen LogP) is 3.76. The van der Waals surface area contributed by atoms with Gasteiger partial charge in [-0.25, -0.2) is 0 Å². The minimum atomic E-state index is -0.491. The standard InChI is InChI=1S/C21H24N2O5/c1-21(2,3)17-8-6-16(7-9-17)20(25)22-13-12-19(24)28-14-15-4-10-18(11-5-15)23(26)27/h4-11H,12-14H2,1-3H3,(H,22,25). The summed E-state index contributed by atoms with van der Waals surface area (Å²) in [7, 11) is 0. The van der Waals surface area contributed by atoms with Crippen LogP contribution in [-0.2, 0) is 21.6 Å². The van der Waals surface area contributed by atoms with Crippen LogP contribution in [0.3, 0.4) is 0 Å². The second kappa shape index (κ2) is 9.12. The van der Waals surface area contributed by atoms with E-state index < -0.39 is 10.9 Å². The first-order valence-electron chi connectivity index (χ1n) is 8.94. The Morgan fingerprint density at radius 3 is 2.18 bits per heavy atom. The maximum atomic E-state index is 12.1. The summed E-state index contributed by atoms with van der Waals surface area (Å²) in [4.78, 5) is 34.0. The molecule has 7 nitrogen and oxygen atoms in total. The number of hydrogen-bond acceptors (Lipinski definition) is 5. The third kappa shape index (κ3) is 6.19. The number of carbonyl (C=O) groups is 2. The monoisotopic (exact) mass is 384 g/mol. The molecular weight excluding hydrogens is 360 g/mol. The molecule has 0 spiro atoms. The summed E-state index contributed by atoms with van der Waals surface area (Å²) < 4.78 is 5.11. The van der Waals surface area contributed by atoms with Crippen molar-refractivity contribution >= 4 is 17.6 Å². The van der Waals surface area contributed by atoms with Crippen molar-refractivity contribution in [1.82, 2.24) is 5.32 Å². The normalized spacial score (nSPS) is 11.0. The zero-order chi connectivity index (χ0) is 20.7. The van der Waals surface area contributed by atoms with Gasteiger partial charge in [0.15, 0.2) is 0 Å². The van der Waals surface area contributed by atoms with Crippen LogP contribution < -0.4 is 5.32 Å². The van der Waals surface area contributed by atoms with Gasteiger partial charge in [0, 0.05) is 24.2 Å². The lowest BCUT2D eigenvalue weighted by atomic mass is 9.87. The number of rotatable bonds is 7. The van der Waals surface area contributed by atoms with Crippen molar-refractivity contribution in [3.8, 4) is 0 Å². The van der Waals surface area contributed by atoms with Gasteiger partial charge in [0.25, 0.3) is 11.6 Å². The lowest BCUT2D eigenvalue weighted by Crippen LogP contribution is -2.26. The quantitative estimate of drug-likeness (QED) is 0.445. The van der Waals surface area contributed by atoms with Crippen molar-refractivity contribution in [1.29, 1.82) is 0 Å². The van der Waals surface area contributed by atoms with E-state index in [9.17, 15) is 19.7 Å². The van der Waals surface area contributed by atoms with E-state index in [0.29, 0.717) is 11.1 Å². The average molecular weight is 384 g/mol. The highest BCUT2D eigenvalue weighted by Gasteiger charge is 2.14. The molecule has 1 N–H and O–H groups in total. The molecule has 1 amide bonds. The van der Waals surface area contributed by atoms with Crippen LogP contribution in [0.15, 0.2) is 48.5 Å². The van der Waals surface area contributed by atoms with Crippen LogP contribution in [0.4, 0.5) is 5.69 Å². The van der Waals surface area contributed by atoms with Gasteiger partial charge in [0.1, 0.15) is 6.61 Å². The smallest absolute Gasteiger partial charge is 0.307 e. The van der Waals surface area contributed by atoms with Crippen LogP contribution in [0.5, 0.6) is 0 Å². The van der Waals surface area contributed by atoms with Crippen LogP contribution in [0.25, 0.3) is 0 Å². The van der Waals surface area contributed by atoms with Gasteiger partial charge in [-0.05, 0) is 40.8 Å². The van der Waals surface area contributed by atoms with Crippen molar-refractivity contribution in [2.75, 3.05) is 6.54 Å². The van der Waals surface area contributed by atoms with Gasteiger partial charge in [-0.3, -0.25) is 19.7 Å². The lowest BCUT2D eigenvalue weighted by molar-refractivity contribution is -0.384. The minimum Gasteiger partial charge on any atom is -0.461 e. The van der Waals surface area contributed by atoms with Gasteiger partial charge in [-0.2, -0.15) is 0 Å². The largest absolute Gasteiger partial charge is 0.461 e. The first-order valence-corrected chi connectivity index (χ1v) is 8.94. The molecule has 28 heavy (non-hydrogen) atoms. The number of nitrogens with zero attached hydrogens (tertiary/aromatic N) is 1. The third-order valence-electron chi connectivity index (χ3n) is 4.17. The van der Waals surface area contributed by atoms with Gasteiger partial charge in [-0.1, -0.05) is 32.9 Å². The van der Waals surface area contributed by atoms with Crippen LogP contribution in [0.1, 0.15) is 48.7 Å². The number of esters is 1. The number of nitrogens with one attached hydrogen (secondary N) is 1. The molecule has 2 rings (SSSR count). The second-order valence-electron chi connectivity index (χ2n) is 7.42. The van der Waals surface area contributed by atoms with E-state index >= 15 is 0 Å². The lowest BCUT2D eigenvalue weighted by Gasteiger charge is -2.19. The van der Waals surface area contributed by atoms with Crippen LogP contribution >= 0.6 is 0 Å². The Kier molecular flexibility index (Phi) is 6.87. The summed E-state index contributed by atoms with van der Waals surface area (Å²) in [5.41, 5.74) is 2.32. The Bertz CT molecular complexity index is 837. The second-order valence-corrected chi connectivity index (χ2v) is 7.42. The Labute approximate surface area is 163 Å². The number of amides is 1. The molecule has 2 aromatic rings. The summed E-state index contributed by atoms with van der Waals surface area (Å²) in [5.74, 6) is -0.703. The molecule has 0 aliphatic rings. The van der Waals surface area contributed by atoms with Crippen molar-refractivity contribution in [2.24, 2.45) is 0 Å². The van der Waals surface area contributed by atoms with Gasteiger partial charge in [-0.15, -0.1) is 0 Å². The summed E-state index contributed by atoms with van der Waals surface area (Å²) >= 11 is 0. The number of hydrogen-bond donors (Lipinski definition) is 1. The Morgan fingerprint density at radius 1 is 1.04 bits per heavy atom. The summed E-state index contributed by atoms with van der Waals surface area (Å²) in [6.07, 6.45) is 0.0405. The minimum absolute atomic E-state index is 0.0163. The fraction of sp³-hybridized carbons (Fsp3) is 0.333. The molecule has 0 unspecified atom stereocenters. The molecule has 0 radical (unpaired) electrons. The molecule has 0 aromatic heterocycles. The molecule has 0 atom stereocenters. The summed E-state index contributed by atoms with van der Waals surface area (Å²) in [5, 5.41) is 13.3. The van der Waals surface area contributed by atoms with Crippen LogP contribution in [0.2, 0.25) is 0 Å². The van der Waals surface area contributed by atoms with E-state index in [1.807, 2.05) is 12.1 Å². The Hall–Kier alpha value is -3.22. The summed E-state index contributed by atoms with van der Waals surface area (Å²) in [6.45, 7) is 6.50. The molecule has 0 bridgehead atoms. The number of carbonyl (C=O) groups excluding carboxylic acids is 2. The van der Waals surface area contributed by atoms with Gasteiger partial charge in [0.2, 0.25) is 0 Å². The van der Waals surface area contributed by atoms with E-state index in [0.717, 1.165) is 5.56 Å². The molecule has 0 fully saturated rings.